The maximum absolute atomic E-state index is 11.9. The Bertz CT molecular complexity index is 455. The topological polar surface area (TPSA) is 96.8 Å². The minimum absolute atomic E-state index is 0.153. The molecule has 1 aliphatic rings. The van der Waals surface area contributed by atoms with E-state index < -0.39 is 6.10 Å². The third-order valence-corrected chi connectivity index (χ3v) is 3.77. The second-order valence-electron chi connectivity index (χ2n) is 4.57. The summed E-state index contributed by atoms with van der Waals surface area (Å²) < 4.78 is 10.1. The number of nitrogens with zero attached hydrogens (tertiary/aromatic N) is 3. The number of hydrogen-bond acceptors (Lipinski definition) is 8. The van der Waals surface area contributed by atoms with Gasteiger partial charge in [-0.05, 0) is 7.05 Å². The Kier molecular flexibility index (Phi) is 5.38. The molecule has 1 aromatic rings. The Balaban J connectivity index is 1.82. The smallest absolute Gasteiger partial charge is 0.240 e. The summed E-state index contributed by atoms with van der Waals surface area (Å²) in [7, 11) is 3.35. The van der Waals surface area contributed by atoms with Gasteiger partial charge in [0, 0.05) is 7.11 Å². The molecule has 0 aromatic carbocycles. The van der Waals surface area contributed by atoms with E-state index >= 15 is 0 Å². The summed E-state index contributed by atoms with van der Waals surface area (Å²) in [4.78, 5) is 13.7. The van der Waals surface area contributed by atoms with Gasteiger partial charge in [-0.25, -0.2) is 0 Å². The molecule has 9 heteroatoms. The Morgan fingerprint density at radius 2 is 2.40 bits per heavy atom. The van der Waals surface area contributed by atoms with Crippen LogP contribution in [0.5, 0.6) is 0 Å². The van der Waals surface area contributed by atoms with Crippen molar-refractivity contribution >= 4 is 22.4 Å². The lowest BCUT2D eigenvalue weighted by atomic mass is 10.2. The summed E-state index contributed by atoms with van der Waals surface area (Å²) in [6.45, 7) is 1.28. The molecule has 0 unspecified atom stereocenters. The number of rotatable bonds is 6. The summed E-state index contributed by atoms with van der Waals surface area (Å²) in [5.41, 5.74) is 0. The Morgan fingerprint density at radius 3 is 3.05 bits per heavy atom. The first kappa shape index (κ1) is 15.3. The molecular weight excluding hydrogens is 284 g/mol. The third kappa shape index (κ3) is 3.93. The minimum Gasteiger partial charge on any atom is -0.389 e. The quantitative estimate of drug-likeness (QED) is 0.718. The molecule has 1 saturated heterocycles. The molecule has 2 atom stereocenters. The van der Waals surface area contributed by atoms with Crippen LogP contribution in [0.3, 0.4) is 0 Å². The van der Waals surface area contributed by atoms with Crippen LogP contribution in [-0.4, -0.2) is 72.2 Å². The van der Waals surface area contributed by atoms with E-state index in [1.54, 1.807) is 19.1 Å². The first-order valence-electron chi connectivity index (χ1n) is 6.17. The molecule has 8 nitrogen and oxygen atoms in total. The molecule has 1 aromatic heterocycles. The zero-order valence-corrected chi connectivity index (χ0v) is 12.2. The van der Waals surface area contributed by atoms with Crippen molar-refractivity contribution in [2.45, 2.75) is 18.8 Å². The maximum atomic E-state index is 11.9. The molecule has 0 bridgehead atoms. The minimum atomic E-state index is -0.553. The number of anilines is 1. The monoisotopic (exact) mass is 302 g/mol. The fourth-order valence-electron chi connectivity index (χ4n) is 1.94. The van der Waals surface area contributed by atoms with E-state index in [9.17, 15) is 9.90 Å². The number of carbonyl (C=O) groups excluding carboxylic acids is 1. The SMILES string of the molecule is COCc1nnc(NC(=O)CN(C)[C@@H]2COC[C@H]2O)s1. The molecule has 0 saturated carbocycles. The first-order chi connectivity index (χ1) is 9.60. The average Bonchev–Trinajstić information content (AvgIpc) is 2.99. The Labute approximate surface area is 120 Å². The average molecular weight is 302 g/mol. The summed E-state index contributed by atoms with van der Waals surface area (Å²) in [5, 5.41) is 21.3. The van der Waals surface area contributed by atoms with Crippen LogP contribution >= 0.6 is 11.3 Å². The van der Waals surface area contributed by atoms with Gasteiger partial charge in [0.15, 0.2) is 0 Å². The van der Waals surface area contributed by atoms with Crippen LogP contribution in [0.15, 0.2) is 0 Å². The van der Waals surface area contributed by atoms with Gasteiger partial charge >= 0.3 is 0 Å². The van der Waals surface area contributed by atoms with Crippen molar-refractivity contribution in [1.29, 1.82) is 0 Å². The van der Waals surface area contributed by atoms with Crippen molar-refractivity contribution in [2.75, 3.05) is 39.2 Å². The lowest BCUT2D eigenvalue weighted by Crippen LogP contribution is -2.44. The highest BCUT2D eigenvalue weighted by Gasteiger charge is 2.30. The zero-order chi connectivity index (χ0) is 14.5. The van der Waals surface area contributed by atoms with Crippen LogP contribution in [-0.2, 0) is 20.9 Å². The van der Waals surface area contributed by atoms with Gasteiger partial charge in [0.05, 0.1) is 31.9 Å². The van der Waals surface area contributed by atoms with Gasteiger partial charge in [0.2, 0.25) is 11.0 Å². The fourth-order valence-corrected chi connectivity index (χ4v) is 2.67. The van der Waals surface area contributed by atoms with Gasteiger partial charge in [-0.3, -0.25) is 15.0 Å². The molecule has 1 aliphatic heterocycles. The number of aromatic nitrogens is 2. The highest BCUT2D eigenvalue weighted by Crippen LogP contribution is 2.16. The Morgan fingerprint density at radius 1 is 1.60 bits per heavy atom. The van der Waals surface area contributed by atoms with Crippen molar-refractivity contribution < 1.29 is 19.4 Å². The molecule has 0 spiro atoms. The largest absolute Gasteiger partial charge is 0.389 e. The number of nitrogens with one attached hydrogen (secondary N) is 1. The fraction of sp³-hybridized carbons (Fsp3) is 0.727. The molecule has 0 radical (unpaired) electrons. The van der Waals surface area contributed by atoms with Crippen molar-refractivity contribution in [3.05, 3.63) is 5.01 Å². The molecule has 112 valence electrons. The molecule has 2 rings (SSSR count). The number of aliphatic hydroxyl groups is 1. The molecule has 2 N–H and O–H groups in total. The van der Waals surface area contributed by atoms with Crippen LogP contribution in [0.1, 0.15) is 5.01 Å². The van der Waals surface area contributed by atoms with Gasteiger partial charge in [0.25, 0.3) is 0 Å². The third-order valence-electron chi connectivity index (χ3n) is 2.96. The predicted octanol–water partition coefficient (Wildman–Crippen LogP) is -0.685. The van der Waals surface area contributed by atoms with Gasteiger partial charge in [0.1, 0.15) is 11.6 Å². The van der Waals surface area contributed by atoms with E-state index in [1.807, 2.05) is 0 Å². The van der Waals surface area contributed by atoms with Crippen LogP contribution in [0.2, 0.25) is 0 Å². The number of methoxy groups -OCH3 is 1. The predicted molar refractivity (Wildman–Crippen MR) is 72.5 cm³/mol. The van der Waals surface area contributed by atoms with Gasteiger partial charge in [-0.15, -0.1) is 10.2 Å². The summed E-state index contributed by atoms with van der Waals surface area (Å²) in [5.74, 6) is -0.202. The van der Waals surface area contributed by atoms with E-state index in [2.05, 4.69) is 15.5 Å². The van der Waals surface area contributed by atoms with Gasteiger partial charge < -0.3 is 14.6 Å². The summed E-state index contributed by atoms with van der Waals surface area (Å²) >= 11 is 1.27. The van der Waals surface area contributed by atoms with Crippen LogP contribution in [0.4, 0.5) is 5.13 Å². The lowest BCUT2D eigenvalue weighted by molar-refractivity contribution is -0.117. The van der Waals surface area contributed by atoms with Crippen LogP contribution in [0, 0.1) is 0 Å². The Hall–Kier alpha value is -1.13. The second-order valence-corrected chi connectivity index (χ2v) is 5.63. The standard InChI is InChI=1S/C11H18N4O4S/c1-15(7-4-19-5-8(7)16)3-9(17)12-11-14-13-10(20-11)6-18-2/h7-8,16H,3-6H2,1-2H3,(H,12,14,17)/t7-,8-/m1/s1. The maximum Gasteiger partial charge on any atom is 0.240 e. The number of ether oxygens (including phenoxy) is 2. The molecule has 2 heterocycles. The highest BCUT2D eigenvalue weighted by molar-refractivity contribution is 7.15. The van der Waals surface area contributed by atoms with Crippen LogP contribution in [0.25, 0.3) is 0 Å². The van der Waals surface area contributed by atoms with Gasteiger partial charge in [-0.2, -0.15) is 0 Å². The van der Waals surface area contributed by atoms with Crippen LogP contribution < -0.4 is 5.32 Å². The van der Waals surface area contributed by atoms with E-state index in [4.69, 9.17) is 9.47 Å². The second kappa shape index (κ2) is 7.04. The molecule has 20 heavy (non-hydrogen) atoms. The van der Waals surface area contributed by atoms with E-state index in [1.165, 1.54) is 11.3 Å². The number of amides is 1. The molecule has 0 aliphatic carbocycles. The number of carbonyl (C=O) groups is 1. The summed E-state index contributed by atoms with van der Waals surface area (Å²) in [6, 6.07) is -0.153. The van der Waals surface area contributed by atoms with E-state index in [-0.39, 0.29) is 18.5 Å². The normalized spacial score (nSPS) is 22.4. The highest BCUT2D eigenvalue weighted by atomic mass is 32.1. The number of hydrogen-bond donors (Lipinski definition) is 2. The first-order valence-corrected chi connectivity index (χ1v) is 6.99. The van der Waals surface area contributed by atoms with E-state index in [0.717, 1.165) is 0 Å². The van der Waals surface area contributed by atoms with Crippen molar-refractivity contribution in [3.63, 3.8) is 0 Å². The molecule has 1 fully saturated rings. The van der Waals surface area contributed by atoms with Crippen molar-refractivity contribution in [1.82, 2.24) is 15.1 Å². The van der Waals surface area contributed by atoms with Crippen molar-refractivity contribution in [2.24, 2.45) is 0 Å². The number of likely N-dealkylation sites (N-methyl/N-ethyl adjacent to an activating group) is 1. The van der Waals surface area contributed by atoms with E-state index in [0.29, 0.717) is 30.0 Å². The number of aliphatic hydroxyl groups excluding tert-OH is 1. The molecule has 1 amide bonds. The zero-order valence-electron chi connectivity index (χ0n) is 11.4. The summed E-state index contributed by atoms with van der Waals surface area (Å²) in [6.07, 6.45) is -0.553. The van der Waals surface area contributed by atoms with Crippen molar-refractivity contribution in [3.8, 4) is 0 Å². The lowest BCUT2D eigenvalue weighted by Gasteiger charge is -2.24. The van der Waals surface area contributed by atoms with Gasteiger partial charge in [-0.1, -0.05) is 11.3 Å². The molecular formula is C11H18N4O4S.